The van der Waals surface area contributed by atoms with Gasteiger partial charge in [-0.05, 0) is 12.3 Å². The van der Waals surface area contributed by atoms with Crippen molar-refractivity contribution in [1.29, 1.82) is 5.26 Å². The molecule has 0 aliphatic heterocycles. The molecule has 0 rings (SSSR count). The summed E-state index contributed by atoms with van der Waals surface area (Å²) >= 11 is 0. The van der Waals surface area contributed by atoms with E-state index in [-0.39, 0.29) is 0 Å². The van der Waals surface area contributed by atoms with Crippen molar-refractivity contribution in [3.8, 4) is 6.19 Å². The molecule has 4 nitrogen and oxygen atoms in total. The molecule has 0 aliphatic rings. The Morgan fingerprint density at radius 1 is 1.73 bits per heavy atom. The van der Waals surface area contributed by atoms with E-state index in [0.29, 0.717) is 12.3 Å². The number of carbonyl (C=O) groups excluding carboxylic acids is 1. The van der Waals surface area contributed by atoms with Gasteiger partial charge in [-0.3, -0.25) is 10.1 Å². The van der Waals surface area contributed by atoms with Gasteiger partial charge in [-0.2, -0.15) is 5.26 Å². The number of hydrogen-bond donors (Lipinski definition) is 2. The van der Waals surface area contributed by atoms with Crippen molar-refractivity contribution < 1.29 is 4.79 Å². The molecule has 0 spiro atoms. The quantitative estimate of drug-likeness (QED) is 0.443. The van der Waals surface area contributed by atoms with Gasteiger partial charge in [0, 0.05) is 0 Å². The molecule has 3 N–H and O–H groups in total. The normalized spacial score (nSPS) is 12.3. The van der Waals surface area contributed by atoms with E-state index < -0.39 is 11.9 Å². The first kappa shape index (κ1) is 9.92. The molecule has 4 heteroatoms. The van der Waals surface area contributed by atoms with Gasteiger partial charge >= 0.3 is 0 Å². The number of amides is 1. The third-order valence-corrected chi connectivity index (χ3v) is 1.24. The minimum absolute atomic E-state index is 0.370. The number of nitrogens with two attached hydrogens (primary N) is 1. The zero-order valence-electron chi connectivity index (χ0n) is 6.79. The second kappa shape index (κ2) is 4.69. The summed E-state index contributed by atoms with van der Waals surface area (Å²) in [7, 11) is 0. The standard InChI is InChI=1S/C7H13N3O/c1-5(2)3-6(9)7(11)10-4-8/h5-6H,3,9H2,1-2H3,(H,10,11)/t6-/m1/s1. The van der Waals surface area contributed by atoms with E-state index in [4.69, 9.17) is 11.0 Å². The number of nitrogens with zero attached hydrogens (tertiary/aromatic N) is 1. The zero-order valence-corrected chi connectivity index (χ0v) is 6.79. The first-order valence-corrected chi connectivity index (χ1v) is 3.52. The van der Waals surface area contributed by atoms with Crippen LogP contribution < -0.4 is 11.1 Å². The average molecular weight is 155 g/mol. The van der Waals surface area contributed by atoms with Crippen LogP contribution in [0.25, 0.3) is 0 Å². The summed E-state index contributed by atoms with van der Waals surface area (Å²) in [6.45, 7) is 3.94. The van der Waals surface area contributed by atoms with Crippen molar-refractivity contribution in [2.24, 2.45) is 11.7 Å². The lowest BCUT2D eigenvalue weighted by atomic mass is 10.0. The summed E-state index contributed by atoms with van der Waals surface area (Å²) in [5.41, 5.74) is 5.44. The fourth-order valence-corrected chi connectivity index (χ4v) is 0.763. The van der Waals surface area contributed by atoms with Gasteiger partial charge in [-0.1, -0.05) is 13.8 Å². The smallest absolute Gasteiger partial charge is 0.249 e. The van der Waals surface area contributed by atoms with Gasteiger partial charge in [0.25, 0.3) is 0 Å². The maximum atomic E-state index is 10.8. The number of carbonyl (C=O) groups is 1. The predicted octanol–water partition coefficient (Wildman–Crippen LogP) is -0.0429. The highest BCUT2D eigenvalue weighted by molar-refractivity contribution is 5.82. The largest absolute Gasteiger partial charge is 0.320 e. The second-order valence-electron chi connectivity index (χ2n) is 2.84. The van der Waals surface area contributed by atoms with Crippen LogP contribution in [0.5, 0.6) is 0 Å². The van der Waals surface area contributed by atoms with Crippen molar-refractivity contribution in [2.45, 2.75) is 26.3 Å². The molecule has 1 amide bonds. The zero-order chi connectivity index (χ0) is 8.85. The summed E-state index contributed by atoms with van der Waals surface area (Å²) in [5, 5.41) is 10.1. The summed E-state index contributed by atoms with van der Waals surface area (Å²) in [5.74, 6) is -0.0318. The Morgan fingerprint density at radius 3 is 2.64 bits per heavy atom. The van der Waals surface area contributed by atoms with Crippen LogP contribution in [0, 0.1) is 17.4 Å². The molecule has 0 fully saturated rings. The molecule has 0 aromatic heterocycles. The summed E-state index contributed by atoms with van der Waals surface area (Å²) < 4.78 is 0. The van der Waals surface area contributed by atoms with Crippen molar-refractivity contribution in [3.05, 3.63) is 0 Å². The molecule has 0 aromatic carbocycles. The first-order valence-electron chi connectivity index (χ1n) is 3.52. The average Bonchev–Trinajstić information content (AvgIpc) is 1.86. The molecule has 11 heavy (non-hydrogen) atoms. The highest BCUT2D eigenvalue weighted by Crippen LogP contribution is 2.01. The SMILES string of the molecule is CC(C)C[C@@H](N)C(=O)NC#N. The predicted molar refractivity (Wildman–Crippen MR) is 41.2 cm³/mol. The van der Waals surface area contributed by atoms with Crippen LogP contribution >= 0.6 is 0 Å². The van der Waals surface area contributed by atoms with Crippen LogP contribution in [-0.4, -0.2) is 11.9 Å². The Labute approximate surface area is 66.4 Å². The lowest BCUT2D eigenvalue weighted by Crippen LogP contribution is -2.39. The van der Waals surface area contributed by atoms with E-state index >= 15 is 0 Å². The summed E-state index contributed by atoms with van der Waals surface area (Å²) in [6, 6.07) is -0.561. The van der Waals surface area contributed by atoms with Crippen LogP contribution in [0.4, 0.5) is 0 Å². The molecule has 1 atom stereocenters. The van der Waals surface area contributed by atoms with Crippen LogP contribution in [0.3, 0.4) is 0 Å². The minimum atomic E-state index is -0.561. The lowest BCUT2D eigenvalue weighted by Gasteiger charge is -2.10. The van der Waals surface area contributed by atoms with Crippen molar-refractivity contribution in [2.75, 3.05) is 0 Å². The van der Waals surface area contributed by atoms with E-state index in [1.165, 1.54) is 0 Å². The molecule has 0 saturated carbocycles. The molecule has 0 aliphatic carbocycles. The first-order chi connectivity index (χ1) is 5.07. The Hall–Kier alpha value is -1.08. The Balaban J connectivity index is 3.75. The topological polar surface area (TPSA) is 78.9 Å². The Morgan fingerprint density at radius 2 is 2.27 bits per heavy atom. The maximum absolute atomic E-state index is 10.8. The maximum Gasteiger partial charge on any atom is 0.249 e. The van der Waals surface area contributed by atoms with Gasteiger partial charge < -0.3 is 5.73 Å². The van der Waals surface area contributed by atoms with Crippen molar-refractivity contribution in [3.63, 3.8) is 0 Å². The van der Waals surface area contributed by atoms with E-state index in [9.17, 15) is 4.79 Å². The number of rotatable bonds is 3. The Kier molecular flexibility index (Phi) is 4.23. The van der Waals surface area contributed by atoms with Crippen molar-refractivity contribution >= 4 is 5.91 Å². The van der Waals surface area contributed by atoms with Gasteiger partial charge in [0.05, 0.1) is 6.04 Å². The fraction of sp³-hybridized carbons (Fsp3) is 0.714. The van der Waals surface area contributed by atoms with Gasteiger partial charge in [-0.15, -0.1) is 0 Å². The van der Waals surface area contributed by atoms with E-state index in [1.807, 2.05) is 19.2 Å². The van der Waals surface area contributed by atoms with Gasteiger partial charge in [-0.25, -0.2) is 0 Å². The molecule has 0 aromatic rings. The third-order valence-electron chi connectivity index (χ3n) is 1.24. The molecular formula is C7H13N3O. The molecule has 0 unspecified atom stereocenters. The highest BCUT2D eigenvalue weighted by Gasteiger charge is 2.13. The number of hydrogen-bond acceptors (Lipinski definition) is 3. The summed E-state index contributed by atoms with van der Waals surface area (Å²) in [4.78, 5) is 10.8. The Bertz CT molecular complexity index is 171. The van der Waals surface area contributed by atoms with E-state index in [0.717, 1.165) is 0 Å². The minimum Gasteiger partial charge on any atom is -0.320 e. The van der Waals surface area contributed by atoms with E-state index in [1.54, 1.807) is 6.19 Å². The molecular weight excluding hydrogens is 142 g/mol. The second-order valence-corrected chi connectivity index (χ2v) is 2.84. The lowest BCUT2D eigenvalue weighted by molar-refractivity contribution is -0.121. The fourth-order valence-electron chi connectivity index (χ4n) is 0.763. The molecule has 62 valence electrons. The van der Waals surface area contributed by atoms with Crippen LogP contribution in [0.1, 0.15) is 20.3 Å². The van der Waals surface area contributed by atoms with Crippen LogP contribution in [0.15, 0.2) is 0 Å². The summed E-state index contributed by atoms with van der Waals surface area (Å²) in [6.07, 6.45) is 2.15. The van der Waals surface area contributed by atoms with Gasteiger partial charge in [0.2, 0.25) is 5.91 Å². The van der Waals surface area contributed by atoms with Crippen LogP contribution in [-0.2, 0) is 4.79 Å². The van der Waals surface area contributed by atoms with Gasteiger partial charge in [0.15, 0.2) is 6.19 Å². The number of nitriles is 1. The number of nitrogens with one attached hydrogen (secondary N) is 1. The monoisotopic (exact) mass is 155 g/mol. The van der Waals surface area contributed by atoms with Crippen LogP contribution in [0.2, 0.25) is 0 Å². The highest BCUT2D eigenvalue weighted by atomic mass is 16.2. The molecule has 0 saturated heterocycles. The van der Waals surface area contributed by atoms with Gasteiger partial charge in [0.1, 0.15) is 0 Å². The third kappa shape index (κ3) is 4.34. The van der Waals surface area contributed by atoms with E-state index in [2.05, 4.69) is 0 Å². The molecule has 0 bridgehead atoms. The molecule has 0 radical (unpaired) electrons. The van der Waals surface area contributed by atoms with Crippen molar-refractivity contribution in [1.82, 2.24) is 5.32 Å². The molecule has 0 heterocycles.